The van der Waals surface area contributed by atoms with Crippen LogP contribution in [0.25, 0.3) is 0 Å². The van der Waals surface area contributed by atoms with E-state index in [1.807, 2.05) is 0 Å². The van der Waals surface area contributed by atoms with Crippen LogP contribution >= 0.6 is 0 Å². The molecule has 16 heavy (non-hydrogen) atoms. The Morgan fingerprint density at radius 3 is 2.56 bits per heavy atom. The maximum absolute atomic E-state index is 11.5. The summed E-state index contributed by atoms with van der Waals surface area (Å²) in [5.74, 6) is -0.233. The lowest BCUT2D eigenvalue weighted by atomic mass is 10.2. The van der Waals surface area contributed by atoms with E-state index in [4.69, 9.17) is 5.11 Å². The zero-order valence-corrected chi connectivity index (χ0v) is 9.74. The summed E-state index contributed by atoms with van der Waals surface area (Å²) in [6.07, 6.45) is 4.14. The Hall–Kier alpha value is -0.940. The van der Waals surface area contributed by atoms with Gasteiger partial charge in [0, 0.05) is 13.7 Å². The molecule has 2 N–H and O–H groups in total. The SMILES string of the molecule is CN1C(=O)CC(NCCCCCCO)C1=O. The Bertz CT molecular complexity index is 256. The monoisotopic (exact) mass is 228 g/mol. The van der Waals surface area contributed by atoms with E-state index in [0.717, 1.165) is 32.2 Å². The van der Waals surface area contributed by atoms with Crippen molar-refractivity contribution in [1.29, 1.82) is 0 Å². The molecule has 0 bridgehead atoms. The number of likely N-dealkylation sites (N-methyl/N-ethyl adjacent to an activating group) is 1. The molecule has 5 heteroatoms. The number of amides is 2. The van der Waals surface area contributed by atoms with Crippen LogP contribution in [0.4, 0.5) is 0 Å². The second-order valence-electron chi connectivity index (χ2n) is 4.14. The third kappa shape index (κ3) is 3.57. The highest BCUT2D eigenvalue weighted by Crippen LogP contribution is 2.10. The van der Waals surface area contributed by atoms with E-state index in [1.165, 1.54) is 11.9 Å². The Labute approximate surface area is 95.8 Å². The molecule has 0 aliphatic carbocycles. The minimum Gasteiger partial charge on any atom is -0.396 e. The van der Waals surface area contributed by atoms with Crippen molar-refractivity contribution >= 4 is 11.8 Å². The van der Waals surface area contributed by atoms with Crippen molar-refractivity contribution in [2.45, 2.75) is 38.1 Å². The first-order valence-corrected chi connectivity index (χ1v) is 5.81. The third-order valence-electron chi connectivity index (χ3n) is 2.86. The average Bonchev–Trinajstić information content (AvgIpc) is 2.51. The summed E-state index contributed by atoms with van der Waals surface area (Å²) in [7, 11) is 1.52. The van der Waals surface area contributed by atoms with Gasteiger partial charge in [0.1, 0.15) is 0 Å². The molecule has 92 valence electrons. The van der Waals surface area contributed by atoms with Gasteiger partial charge in [0.25, 0.3) is 0 Å². The summed E-state index contributed by atoms with van der Waals surface area (Å²) >= 11 is 0. The van der Waals surface area contributed by atoms with E-state index in [0.29, 0.717) is 0 Å². The predicted octanol–water partition coefficient (Wildman–Crippen LogP) is -0.114. The zero-order chi connectivity index (χ0) is 12.0. The quantitative estimate of drug-likeness (QED) is 0.471. The molecule has 2 amide bonds. The number of nitrogens with zero attached hydrogens (tertiary/aromatic N) is 1. The molecule has 0 radical (unpaired) electrons. The van der Waals surface area contributed by atoms with Crippen molar-refractivity contribution in [3.8, 4) is 0 Å². The molecule has 0 aromatic rings. The summed E-state index contributed by atoms with van der Waals surface area (Å²) < 4.78 is 0. The maximum atomic E-state index is 11.5. The fourth-order valence-corrected chi connectivity index (χ4v) is 1.78. The minimum atomic E-state index is -0.324. The molecule has 0 saturated carbocycles. The van der Waals surface area contributed by atoms with E-state index < -0.39 is 0 Å². The number of carbonyl (C=O) groups is 2. The Balaban J connectivity index is 2.10. The number of carbonyl (C=O) groups excluding carboxylic acids is 2. The van der Waals surface area contributed by atoms with Gasteiger partial charge in [-0.25, -0.2) is 0 Å². The highest BCUT2D eigenvalue weighted by atomic mass is 16.3. The van der Waals surface area contributed by atoms with Gasteiger partial charge in [-0.15, -0.1) is 0 Å². The van der Waals surface area contributed by atoms with Gasteiger partial charge < -0.3 is 10.4 Å². The normalized spacial score (nSPS) is 20.9. The van der Waals surface area contributed by atoms with Crippen LogP contribution in [0.2, 0.25) is 0 Å². The van der Waals surface area contributed by atoms with Gasteiger partial charge >= 0.3 is 0 Å². The smallest absolute Gasteiger partial charge is 0.246 e. The van der Waals surface area contributed by atoms with Crippen LogP contribution in [0.3, 0.4) is 0 Å². The summed E-state index contributed by atoms with van der Waals surface area (Å²) in [4.78, 5) is 23.9. The van der Waals surface area contributed by atoms with Gasteiger partial charge in [-0.2, -0.15) is 0 Å². The number of imide groups is 1. The van der Waals surface area contributed by atoms with Crippen LogP contribution in [0.5, 0.6) is 0 Å². The molecule has 1 fully saturated rings. The summed E-state index contributed by atoms with van der Waals surface area (Å²) in [6, 6.07) is -0.324. The minimum absolute atomic E-state index is 0.109. The van der Waals surface area contributed by atoms with Crippen LogP contribution in [0.15, 0.2) is 0 Å². The van der Waals surface area contributed by atoms with E-state index in [-0.39, 0.29) is 30.9 Å². The second kappa shape index (κ2) is 6.60. The number of likely N-dealkylation sites (tertiary alicyclic amines) is 1. The van der Waals surface area contributed by atoms with Crippen molar-refractivity contribution in [2.24, 2.45) is 0 Å². The Morgan fingerprint density at radius 2 is 2.00 bits per heavy atom. The van der Waals surface area contributed by atoms with Gasteiger partial charge in [0.2, 0.25) is 11.8 Å². The van der Waals surface area contributed by atoms with Crippen molar-refractivity contribution in [3.05, 3.63) is 0 Å². The van der Waals surface area contributed by atoms with Gasteiger partial charge in [-0.05, 0) is 19.4 Å². The molecule has 0 spiro atoms. The first kappa shape index (κ1) is 13.1. The third-order valence-corrected chi connectivity index (χ3v) is 2.86. The van der Waals surface area contributed by atoms with Crippen molar-refractivity contribution in [2.75, 3.05) is 20.2 Å². The molecule has 0 aromatic carbocycles. The highest BCUT2D eigenvalue weighted by Gasteiger charge is 2.35. The fraction of sp³-hybridized carbons (Fsp3) is 0.818. The lowest BCUT2D eigenvalue weighted by molar-refractivity contribution is -0.137. The van der Waals surface area contributed by atoms with Crippen LogP contribution < -0.4 is 5.32 Å². The van der Waals surface area contributed by atoms with E-state index in [2.05, 4.69) is 5.32 Å². The topological polar surface area (TPSA) is 69.6 Å². The highest BCUT2D eigenvalue weighted by molar-refractivity contribution is 6.05. The molecule has 0 aromatic heterocycles. The molecule has 1 unspecified atom stereocenters. The fourth-order valence-electron chi connectivity index (χ4n) is 1.78. The molecule has 1 atom stereocenters. The molecule has 5 nitrogen and oxygen atoms in total. The average molecular weight is 228 g/mol. The molecule has 1 aliphatic heterocycles. The van der Waals surface area contributed by atoms with Crippen LogP contribution in [0.1, 0.15) is 32.1 Å². The maximum Gasteiger partial charge on any atom is 0.246 e. The number of unbranched alkanes of at least 4 members (excludes halogenated alkanes) is 3. The van der Waals surface area contributed by atoms with Crippen LogP contribution in [-0.4, -0.2) is 48.1 Å². The number of aliphatic hydroxyl groups excluding tert-OH is 1. The van der Waals surface area contributed by atoms with E-state index in [9.17, 15) is 9.59 Å². The van der Waals surface area contributed by atoms with Gasteiger partial charge in [0.15, 0.2) is 0 Å². The zero-order valence-electron chi connectivity index (χ0n) is 9.74. The lowest BCUT2D eigenvalue weighted by Gasteiger charge is -2.10. The Morgan fingerprint density at radius 1 is 1.31 bits per heavy atom. The number of hydrogen-bond donors (Lipinski definition) is 2. The number of aliphatic hydroxyl groups is 1. The summed E-state index contributed by atoms with van der Waals surface area (Å²) in [5.41, 5.74) is 0. The van der Waals surface area contributed by atoms with Crippen molar-refractivity contribution in [3.63, 3.8) is 0 Å². The van der Waals surface area contributed by atoms with E-state index >= 15 is 0 Å². The summed E-state index contributed by atoms with van der Waals surface area (Å²) in [5, 5.41) is 11.7. The first-order valence-electron chi connectivity index (χ1n) is 5.81. The van der Waals surface area contributed by atoms with Gasteiger partial charge in [-0.3, -0.25) is 14.5 Å². The second-order valence-corrected chi connectivity index (χ2v) is 4.14. The molecule has 1 aliphatic rings. The predicted molar refractivity (Wildman–Crippen MR) is 59.7 cm³/mol. The Kier molecular flexibility index (Phi) is 5.42. The largest absolute Gasteiger partial charge is 0.396 e. The van der Waals surface area contributed by atoms with Crippen molar-refractivity contribution < 1.29 is 14.7 Å². The molecule has 1 heterocycles. The number of rotatable bonds is 7. The van der Waals surface area contributed by atoms with Crippen LogP contribution in [0, 0.1) is 0 Å². The molecular formula is C11H20N2O3. The molecule has 1 rings (SSSR count). The van der Waals surface area contributed by atoms with Crippen LogP contribution in [-0.2, 0) is 9.59 Å². The molecular weight excluding hydrogens is 208 g/mol. The van der Waals surface area contributed by atoms with Crippen molar-refractivity contribution in [1.82, 2.24) is 10.2 Å². The standard InChI is InChI=1S/C11H20N2O3/c1-13-10(15)8-9(11(13)16)12-6-4-2-3-5-7-14/h9,12,14H,2-8H2,1H3. The number of nitrogens with one attached hydrogen (secondary N) is 1. The van der Waals surface area contributed by atoms with Gasteiger partial charge in [-0.1, -0.05) is 12.8 Å². The summed E-state index contributed by atoms with van der Waals surface area (Å²) in [6.45, 7) is 0.997. The first-order chi connectivity index (χ1) is 7.66. The number of hydrogen-bond acceptors (Lipinski definition) is 4. The lowest BCUT2D eigenvalue weighted by Crippen LogP contribution is -2.37. The van der Waals surface area contributed by atoms with Gasteiger partial charge in [0.05, 0.1) is 12.5 Å². The van der Waals surface area contributed by atoms with E-state index in [1.54, 1.807) is 0 Å². The molecule has 1 saturated heterocycles.